The van der Waals surface area contributed by atoms with E-state index in [9.17, 15) is 9.18 Å². The van der Waals surface area contributed by atoms with Crippen molar-refractivity contribution in [3.8, 4) is 11.5 Å². The Morgan fingerprint density at radius 3 is 2.58 bits per heavy atom. The van der Waals surface area contributed by atoms with E-state index in [1.165, 1.54) is 12.1 Å². The molecule has 0 radical (unpaired) electrons. The number of carbonyl (C=O) groups is 1. The lowest BCUT2D eigenvalue weighted by molar-refractivity contribution is -0.115. The van der Waals surface area contributed by atoms with Crippen molar-refractivity contribution in [2.75, 3.05) is 5.32 Å². The molecule has 0 bridgehead atoms. The molecule has 122 valence electrons. The predicted molar refractivity (Wildman–Crippen MR) is 88.5 cm³/mol. The predicted octanol–water partition coefficient (Wildman–Crippen LogP) is 4.36. The molecule has 0 fully saturated rings. The number of rotatable bonds is 4. The second-order valence-corrected chi connectivity index (χ2v) is 5.75. The zero-order chi connectivity index (χ0) is 17.1. The van der Waals surface area contributed by atoms with Crippen LogP contribution in [0.25, 0.3) is 11.5 Å². The smallest absolute Gasteiger partial charge is 0.260 e. The van der Waals surface area contributed by atoms with Crippen LogP contribution in [0.1, 0.15) is 5.82 Å². The molecule has 2 aromatic carbocycles. The summed E-state index contributed by atoms with van der Waals surface area (Å²) in [6, 6.07) is 10.7. The van der Waals surface area contributed by atoms with E-state index >= 15 is 0 Å². The number of nitrogens with one attached hydrogen (secondary N) is 1. The fourth-order valence-corrected chi connectivity index (χ4v) is 2.57. The molecule has 24 heavy (non-hydrogen) atoms. The first-order valence-electron chi connectivity index (χ1n) is 6.85. The number of carbonyl (C=O) groups excluding carboxylic acids is 1. The lowest BCUT2D eigenvalue weighted by Gasteiger charge is -2.04. The molecule has 0 aliphatic rings. The van der Waals surface area contributed by atoms with Crippen molar-refractivity contribution >= 4 is 34.8 Å². The van der Waals surface area contributed by atoms with Gasteiger partial charge in [-0.1, -0.05) is 40.5 Å². The molecule has 3 rings (SSSR count). The van der Waals surface area contributed by atoms with Crippen LogP contribution >= 0.6 is 23.2 Å². The molecule has 1 aromatic heterocycles. The van der Waals surface area contributed by atoms with Gasteiger partial charge >= 0.3 is 0 Å². The van der Waals surface area contributed by atoms with Gasteiger partial charge < -0.3 is 9.84 Å². The molecule has 1 amide bonds. The maximum Gasteiger partial charge on any atom is 0.260 e. The topological polar surface area (TPSA) is 68.0 Å². The van der Waals surface area contributed by atoms with E-state index in [4.69, 9.17) is 27.7 Å². The van der Waals surface area contributed by atoms with Gasteiger partial charge in [0.15, 0.2) is 5.82 Å². The van der Waals surface area contributed by atoms with Crippen molar-refractivity contribution in [3.63, 3.8) is 0 Å². The van der Waals surface area contributed by atoms with Gasteiger partial charge in [-0.3, -0.25) is 4.79 Å². The van der Waals surface area contributed by atoms with Crippen LogP contribution < -0.4 is 5.32 Å². The van der Waals surface area contributed by atoms with Crippen LogP contribution in [0.5, 0.6) is 0 Å². The quantitative estimate of drug-likeness (QED) is 0.745. The van der Waals surface area contributed by atoms with Crippen molar-refractivity contribution in [2.45, 2.75) is 6.42 Å². The molecule has 0 spiro atoms. The molecule has 3 aromatic rings. The summed E-state index contributed by atoms with van der Waals surface area (Å²) in [7, 11) is 0. The summed E-state index contributed by atoms with van der Waals surface area (Å²) >= 11 is 11.7. The average Bonchev–Trinajstić information content (AvgIpc) is 2.94. The first-order valence-corrected chi connectivity index (χ1v) is 7.60. The van der Waals surface area contributed by atoms with Crippen LogP contribution in [-0.4, -0.2) is 16.0 Å². The molecule has 0 saturated carbocycles. The minimum Gasteiger partial charge on any atom is -0.334 e. The molecule has 0 saturated heterocycles. The summed E-state index contributed by atoms with van der Waals surface area (Å²) in [5.41, 5.74) is 0.633. The Morgan fingerprint density at radius 2 is 1.88 bits per heavy atom. The van der Waals surface area contributed by atoms with E-state index in [0.29, 0.717) is 15.7 Å². The lowest BCUT2D eigenvalue weighted by Crippen LogP contribution is -2.15. The highest BCUT2D eigenvalue weighted by atomic mass is 35.5. The SMILES string of the molecule is O=C(Cc1noc(-c2ccccc2F)n1)Nc1cc(Cl)cc(Cl)c1. The van der Waals surface area contributed by atoms with E-state index < -0.39 is 5.82 Å². The van der Waals surface area contributed by atoms with Crippen LogP contribution in [0.2, 0.25) is 10.0 Å². The molecule has 0 atom stereocenters. The van der Waals surface area contributed by atoms with E-state index in [0.717, 1.165) is 0 Å². The Bertz CT molecular complexity index is 878. The van der Waals surface area contributed by atoms with E-state index in [1.54, 1.807) is 30.3 Å². The number of benzene rings is 2. The van der Waals surface area contributed by atoms with Crippen molar-refractivity contribution in [2.24, 2.45) is 0 Å². The second kappa shape index (κ2) is 6.98. The van der Waals surface area contributed by atoms with Crippen molar-refractivity contribution in [1.82, 2.24) is 10.1 Å². The van der Waals surface area contributed by atoms with Gasteiger partial charge in [0.1, 0.15) is 5.82 Å². The van der Waals surface area contributed by atoms with Gasteiger partial charge in [-0.15, -0.1) is 0 Å². The molecule has 0 aliphatic carbocycles. The van der Waals surface area contributed by atoms with Gasteiger partial charge in [0.2, 0.25) is 5.91 Å². The standard InChI is InChI=1S/C16H10Cl2FN3O2/c17-9-5-10(18)7-11(6-9)20-15(23)8-14-21-16(24-22-14)12-3-1-2-4-13(12)19/h1-7H,8H2,(H,20,23). The zero-order valence-electron chi connectivity index (χ0n) is 12.1. The third-order valence-corrected chi connectivity index (χ3v) is 3.47. The number of nitrogens with zero attached hydrogens (tertiary/aromatic N) is 2. The molecule has 1 N–H and O–H groups in total. The molecule has 0 unspecified atom stereocenters. The van der Waals surface area contributed by atoms with Gasteiger partial charge in [-0.2, -0.15) is 4.98 Å². The van der Waals surface area contributed by atoms with Gasteiger partial charge in [0, 0.05) is 15.7 Å². The van der Waals surface area contributed by atoms with Crippen LogP contribution in [0.15, 0.2) is 47.0 Å². The van der Waals surface area contributed by atoms with Crippen LogP contribution in [0.3, 0.4) is 0 Å². The van der Waals surface area contributed by atoms with Gasteiger partial charge in [0.05, 0.1) is 12.0 Å². The summed E-state index contributed by atoms with van der Waals surface area (Å²) in [6.07, 6.45) is -0.137. The number of hydrogen-bond donors (Lipinski definition) is 1. The number of amides is 1. The Hall–Kier alpha value is -2.44. The highest BCUT2D eigenvalue weighted by Crippen LogP contribution is 2.23. The largest absolute Gasteiger partial charge is 0.334 e. The molecular weight excluding hydrogens is 356 g/mol. The number of aromatic nitrogens is 2. The van der Waals surface area contributed by atoms with Crippen molar-refractivity contribution in [1.29, 1.82) is 0 Å². The molecular formula is C16H10Cl2FN3O2. The highest BCUT2D eigenvalue weighted by Gasteiger charge is 2.15. The Morgan fingerprint density at radius 1 is 1.17 bits per heavy atom. The highest BCUT2D eigenvalue weighted by molar-refractivity contribution is 6.35. The Labute approximate surface area is 146 Å². The summed E-state index contributed by atoms with van der Waals surface area (Å²) in [5.74, 6) is -0.708. The van der Waals surface area contributed by atoms with Crippen molar-refractivity contribution in [3.05, 3.63) is 64.2 Å². The normalized spacial score (nSPS) is 10.6. The first kappa shape index (κ1) is 16.4. The minimum atomic E-state index is -0.481. The second-order valence-electron chi connectivity index (χ2n) is 4.88. The first-order chi connectivity index (χ1) is 11.5. The van der Waals surface area contributed by atoms with E-state index in [2.05, 4.69) is 15.5 Å². The Balaban J connectivity index is 1.70. The lowest BCUT2D eigenvalue weighted by atomic mass is 10.2. The minimum absolute atomic E-state index is 0.0155. The molecule has 0 aliphatic heterocycles. The van der Waals surface area contributed by atoms with Crippen molar-refractivity contribution < 1.29 is 13.7 Å². The average molecular weight is 366 g/mol. The third-order valence-electron chi connectivity index (χ3n) is 3.04. The monoisotopic (exact) mass is 365 g/mol. The Kier molecular flexibility index (Phi) is 4.78. The maximum atomic E-state index is 13.7. The van der Waals surface area contributed by atoms with Crippen LogP contribution in [-0.2, 0) is 11.2 Å². The van der Waals surface area contributed by atoms with Gasteiger partial charge in [0.25, 0.3) is 5.89 Å². The number of hydrogen-bond acceptors (Lipinski definition) is 4. The van der Waals surface area contributed by atoms with Gasteiger partial charge in [-0.25, -0.2) is 4.39 Å². The number of anilines is 1. The van der Waals surface area contributed by atoms with E-state index in [1.807, 2.05) is 0 Å². The third kappa shape index (κ3) is 3.90. The molecule has 1 heterocycles. The molecule has 8 heteroatoms. The summed E-state index contributed by atoms with van der Waals surface area (Å²) in [4.78, 5) is 16.1. The maximum absolute atomic E-state index is 13.7. The van der Waals surface area contributed by atoms with Crippen LogP contribution in [0, 0.1) is 5.82 Å². The van der Waals surface area contributed by atoms with Crippen LogP contribution in [0.4, 0.5) is 10.1 Å². The van der Waals surface area contributed by atoms with E-state index in [-0.39, 0.29) is 29.6 Å². The fourth-order valence-electron chi connectivity index (χ4n) is 2.04. The summed E-state index contributed by atoms with van der Waals surface area (Å²) in [6.45, 7) is 0. The fraction of sp³-hybridized carbons (Fsp3) is 0.0625. The zero-order valence-corrected chi connectivity index (χ0v) is 13.6. The summed E-state index contributed by atoms with van der Waals surface area (Å²) in [5, 5.41) is 7.12. The number of halogens is 3. The summed E-state index contributed by atoms with van der Waals surface area (Å²) < 4.78 is 18.7. The molecule has 5 nitrogen and oxygen atoms in total. The van der Waals surface area contributed by atoms with Gasteiger partial charge in [-0.05, 0) is 30.3 Å².